The van der Waals surface area contributed by atoms with Gasteiger partial charge in [-0.15, -0.1) is 0 Å². The smallest absolute Gasteiger partial charge is 0.412 e. The average Bonchev–Trinajstić information content (AvgIpc) is 2.51. The monoisotopic (exact) mass is 273 g/mol. The Labute approximate surface area is 115 Å². The van der Waals surface area contributed by atoms with Crippen LogP contribution in [0, 0.1) is 0 Å². The first-order valence-electron chi connectivity index (χ1n) is 6.93. The highest BCUT2D eigenvalue weighted by molar-refractivity contribution is 5.69. The fourth-order valence-electron chi connectivity index (χ4n) is 2.27. The van der Waals surface area contributed by atoms with Crippen LogP contribution in [0.3, 0.4) is 0 Å². The lowest BCUT2D eigenvalue weighted by Crippen LogP contribution is -2.53. The number of nitrogens with zero attached hydrogens (tertiary/aromatic N) is 1. The van der Waals surface area contributed by atoms with E-state index in [0.717, 1.165) is 6.42 Å². The highest BCUT2D eigenvalue weighted by atomic mass is 16.6. The van der Waals surface area contributed by atoms with E-state index in [9.17, 15) is 9.90 Å². The molecule has 2 atom stereocenters. The zero-order valence-electron chi connectivity index (χ0n) is 12.9. The SMILES string of the molecule is CCCC(O)C1COC(C)(C)N1C(=O)OC(C)(C)C. The molecule has 1 N–H and O–H groups in total. The van der Waals surface area contributed by atoms with Gasteiger partial charge in [-0.25, -0.2) is 4.79 Å². The molecule has 1 fully saturated rings. The lowest BCUT2D eigenvalue weighted by Gasteiger charge is -2.36. The third-order valence-corrected chi connectivity index (χ3v) is 3.14. The molecule has 5 nitrogen and oxygen atoms in total. The Morgan fingerprint density at radius 1 is 1.53 bits per heavy atom. The minimum Gasteiger partial charge on any atom is -0.444 e. The first-order chi connectivity index (χ1) is 8.58. The van der Waals surface area contributed by atoms with E-state index in [1.807, 2.05) is 41.5 Å². The zero-order chi connectivity index (χ0) is 14.8. The maximum absolute atomic E-state index is 12.3. The molecular formula is C14H27NO4. The van der Waals surface area contributed by atoms with Gasteiger partial charge in [0, 0.05) is 0 Å². The van der Waals surface area contributed by atoms with Gasteiger partial charge in [-0.2, -0.15) is 0 Å². The summed E-state index contributed by atoms with van der Waals surface area (Å²) in [7, 11) is 0. The predicted molar refractivity (Wildman–Crippen MR) is 72.8 cm³/mol. The molecular weight excluding hydrogens is 246 g/mol. The van der Waals surface area contributed by atoms with Crippen molar-refractivity contribution in [2.75, 3.05) is 6.61 Å². The van der Waals surface area contributed by atoms with Gasteiger partial charge in [0.1, 0.15) is 11.3 Å². The maximum Gasteiger partial charge on any atom is 0.412 e. The highest BCUT2D eigenvalue weighted by Gasteiger charge is 2.48. The topological polar surface area (TPSA) is 59.0 Å². The molecule has 0 aromatic rings. The molecule has 0 saturated carbocycles. The number of aliphatic hydroxyl groups is 1. The Morgan fingerprint density at radius 2 is 2.11 bits per heavy atom. The van der Waals surface area contributed by atoms with Gasteiger partial charge in [0.2, 0.25) is 0 Å². The van der Waals surface area contributed by atoms with Crippen LogP contribution in [0.25, 0.3) is 0 Å². The molecule has 112 valence electrons. The van der Waals surface area contributed by atoms with E-state index in [4.69, 9.17) is 9.47 Å². The quantitative estimate of drug-likeness (QED) is 0.858. The van der Waals surface area contributed by atoms with Crippen LogP contribution >= 0.6 is 0 Å². The summed E-state index contributed by atoms with van der Waals surface area (Å²) in [6, 6.07) is -0.343. The van der Waals surface area contributed by atoms with E-state index < -0.39 is 23.5 Å². The Bertz CT molecular complexity index is 322. The molecule has 1 rings (SSSR count). The van der Waals surface area contributed by atoms with Crippen molar-refractivity contribution >= 4 is 6.09 Å². The molecule has 1 amide bonds. The van der Waals surface area contributed by atoms with Crippen LogP contribution in [0.1, 0.15) is 54.4 Å². The van der Waals surface area contributed by atoms with Crippen LogP contribution in [-0.2, 0) is 9.47 Å². The van der Waals surface area contributed by atoms with E-state index in [2.05, 4.69) is 0 Å². The van der Waals surface area contributed by atoms with Gasteiger partial charge in [0.25, 0.3) is 0 Å². The van der Waals surface area contributed by atoms with E-state index in [-0.39, 0.29) is 6.04 Å². The normalized spacial score (nSPS) is 24.4. The van der Waals surface area contributed by atoms with Crippen molar-refractivity contribution in [1.29, 1.82) is 0 Å². The molecule has 0 aliphatic carbocycles. The predicted octanol–water partition coefficient (Wildman–Crippen LogP) is 2.52. The van der Waals surface area contributed by atoms with Crippen molar-refractivity contribution in [2.45, 2.75) is 77.9 Å². The molecule has 5 heteroatoms. The second-order valence-electron chi connectivity index (χ2n) is 6.53. The minimum absolute atomic E-state index is 0.341. The lowest BCUT2D eigenvalue weighted by atomic mass is 10.1. The van der Waals surface area contributed by atoms with Gasteiger partial charge in [-0.3, -0.25) is 4.90 Å². The van der Waals surface area contributed by atoms with Crippen molar-refractivity contribution in [3.05, 3.63) is 0 Å². The largest absolute Gasteiger partial charge is 0.444 e. The molecule has 0 spiro atoms. The van der Waals surface area contributed by atoms with Gasteiger partial charge in [-0.1, -0.05) is 13.3 Å². The fraction of sp³-hybridized carbons (Fsp3) is 0.929. The summed E-state index contributed by atoms with van der Waals surface area (Å²) < 4.78 is 11.0. The second kappa shape index (κ2) is 5.67. The second-order valence-corrected chi connectivity index (χ2v) is 6.53. The lowest BCUT2D eigenvalue weighted by molar-refractivity contribution is -0.0680. The zero-order valence-corrected chi connectivity index (χ0v) is 12.9. The van der Waals surface area contributed by atoms with Gasteiger partial charge in [0.15, 0.2) is 0 Å². The molecule has 0 aromatic carbocycles. The van der Waals surface area contributed by atoms with Crippen LogP contribution in [0.5, 0.6) is 0 Å². The number of carbonyl (C=O) groups excluding carboxylic acids is 1. The van der Waals surface area contributed by atoms with Crippen LogP contribution < -0.4 is 0 Å². The van der Waals surface area contributed by atoms with Crippen LogP contribution in [0.15, 0.2) is 0 Å². The first-order valence-corrected chi connectivity index (χ1v) is 6.93. The molecule has 0 radical (unpaired) electrons. The van der Waals surface area contributed by atoms with E-state index in [1.54, 1.807) is 0 Å². The summed E-state index contributed by atoms with van der Waals surface area (Å²) in [4.78, 5) is 13.8. The molecule has 19 heavy (non-hydrogen) atoms. The Balaban J connectivity index is 2.87. The third kappa shape index (κ3) is 4.08. The average molecular weight is 273 g/mol. The standard InChI is InChI=1S/C14H27NO4/c1-7-8-11(16)10-9-18-14(5,6)15(10)12(17)19-13(2,3)4/h10-11,16H,7-9H2,1-6H3. The van der Waals surface area contributed by atoms with Crippen LogP contribution in [-0.4, -0.2) is 46.2 Å². The van der Waals surface area contributed by atoms with Gasteiger partial charge in [0.05, 0.1) is 18.8 Å². The Kier molecular flexibility index (Phi) is 4.85. The Morgan fingerprint density at radius 3 is 2.58 bits per heavy atom. The highest BCUT2D eigenvalue weighted by Crippen LogP contribution is 2.31. The van der Waals surface area contributed by atoms with Crippen molar-refractivity contribution in [3.8, 4) is 0 Å². The summed E-state index contributed by atoms with van der Waals surface area (Å²) in [5.41, 5.74) is -1.31. The van der Waals surface area contributed by atoms with E-state index in [0.29, 0.717) is 13.0 Å². The molecule has 0 aromatic heterocycles. The fourth-order valence-corrected chi connectivity index (χ4v) is 2.27. The number of carbonyl (C=O) groups is 1. The molecule has 1 heterocycles. The number of aliphatic hydroxyl groups excluding tert-OH is 1. The number of rotatable bonds is 3. The summed E-state index contributed by atoms with van der Waals surface area (Å²) in [5, 5.41) is 10.2. The summed E-state index contributed by atoms with van der Waals surface area (Å²) in [6.07, 6.45) is 0.485. The van der Waals surface area contributed by atoms with E-state index >= 15 is 0 Å². The molecule has 1 aliphatic rings. The summed E-state index contributed by atoms with van der Waals surface area (Å²) in [6.45, 7) is 11.4. The minimum atomic E-state index is -0.748. The van der Waals surface area contributed by atoms with Gasteiger partial charge >= 0.3 is 6.09 Å². The number of amides is 1. The van der Waals surface area contributed by atoms with Crippen LogP contribution in [0.4, 0.5) is 4.79 Å². The van der Waals surface area contributed by atoms with Crippen molar-refractivity contribution in [1.82, 2.24) is 4.90 Å². The van der Waals surface area contributed by atoms with Crippen molar-refractivity contribution < 1.29 is 19.4 Å². The summed E-state index contributed by atoms with van der Waals surface area (Å²) >= 11 is 0. The third-order valence-electron chi connectivity index (χ3n) is 3.14. The molecule has 1 saturated heterocycles. The molecule has 2 unspecified atom stereocenters. The van der Waals surface area contributed by atoms with Gasteiger partial charge in [-0.05, 0) is 41.0 Å². The van der Waals surface area contributed by atoms with E-state index in [1.165, 1.54) is 4.90 Å². The van der Waals surface area contributed by atoms with Crippen molar-refractivity contribution in [2.24, 2.45) is 0 Å². The maximum atomic E-state index is 12.3. The van der Waals surface area contributed by atoms with Crippen LogP contribution in [0.2, 0.25) is 0 Å². The molecule has 1 aliphatic heterocycles. The first kappa shape index (κ1) is 16.2. The van der Waals surface area contributed by atoms with Crippen molar-refractivity contribution in [3.63, 3.8) is 0 Å². The summed E-state index contributed by atoms with van der Waals surface area (Å²) in [5.74, 6) is 0. The number of hydrogen-bond donors (Lipinski definition) is 1. The molecule has 0 bridgehead atoms. The Hall–Kier alpha value is -0.810. The number of ether oxygens (including phenoxy) is 2. The van der Waals surface area contributed by atoms with Gasteiger partial charge < -0.3 is 14.6 Å². The number of hydrogen-bond acceptors (Lipinski definition) is 4.